The number of carboxylic acid groups (broad SMARTS) is 1. The molecule has 0 bridgehead atoms. The van der Waals surface area contributed by atoms with Crippen LogP contribution < -0.4 is 0 Å². The third-order valence-corrected chi connectivity index (χ3v) is 10.5. The van der Waals surface area contributed by atoms with Crippen LogP contribution in [0.4, 0.5) is 0 Å². The highest BCUT2D eigenvalue weighted by atomic mass is 28.4. The van der Waals surface area contributed by atoms with Crippen LogP contribution in [0.15, 0.2) is 23.8 Å². The predicted octanol–water partition coefficient (Wildman–Crippen LogP) is 4.79. The van der Waals surface area contributed by atoms with Crippen LogP contribution in [0, 0.1) is 5.92 Å². The quantitative estimate of drug-likeness (QED) is 0.206. The van der Waals surface area contributed by atoms with Crippen LogP contribution in [0.5, 0.6) is 0 Å². The molecule has 8 heteroatoms. The maximum absolute atomic E-state index is 11.5. The maximum Gasteiger partial charge on any atom is 0.371 e. The lowest BCUT2D eigenvalue weighted by Crippen LogP contribution is -2.68. The van der Waals surface area contributed by atoms with Crippen molar-refractivity contribution in [3.05, 3.63) is 23.8 Å². The van der Waals surface area contributed by atoms with Gasteiger partial charge in [-0.15, -0.1) is 0 Å². The molecule has 1 heterocycles. The van der Waals surface area contributed by atoms with Gasteiger partial charge in [0.25, 0.3) is 0 Å². The van der Waals surface area contributed by atoms with E-state index >= 15 is 0 Å². The van der Waals surface area contributed by atoms with E-state index in [9.17, 15) is 9.59 Å². The van der Waals surface area contributed by atoms with Crippen LogP contribution in [0.2, 0.25) is 6.04 Å². The Morgan fingerprint density at radius 1 is 1.23 bits per heavy atom. The zero-order chi connectivity index (χ0) is 24.1. The van der Waals surface area contributed by atoms with Crippen molar-refractivity contribution < 1.29 is 33.0 Å². The fraction of sp³-hybridized carbons (Fsp3) is 0.739. The first kappa shape index (κ1) is 29.5. The molecular weight excluding hydrogens is 416 g/mol. The zero-order valence-corrected chi connectivity index (χ0v) is 21.4. The number of carbonyl (C=O) groups is 2. The Hall–Kier alpha value is -1.48. The maximum atomic E-state index is 11.5. The van der Waals surface area contributed by atoms with E-state index in [-0.39, 0.29) is 11.2 Å². The largest absolute Gasteiger partial charge is 0.478 e. The van der Waals surface area contributed by atoms with Crippen molar-refractivity contribution >= 4 is 20.5 Å². The molecule has 180 valence electrons. The number of rotatable bonds is 11. The van der Waals surface area contributed by atoms with Gasteiger partial charge in [0.2, 0.25) is 0 Å². The lowest BCUT2D eigenvalue weighted by atomic mass is 9.88. The van der Waals surface area contributed by atoms with Crippen molar-refractivity contribution in [3.63, 3.8) is 0 Å². The Labute approximate surface area is 189 Å². The van der Waals surface area contributed by atoms with Crippen molar-refractivity contribution in [3.8, 4) is 0 Å². The van der Waals surface area contributed by atoms with Crippen molar-refractivity contribution in [2.24, 2.45) is 5.92 Å². The zero-order valence-electron chi connectivity index (χ0n) is 20.4. The number of allylic oxidation sites excluding steroid dienone is 1. The first-order valence-electron chi connectivity index (χ1n) is 11.0. The monoisotopic (exact) mass is 458 g/mol. The fourth-order valence-electron chi connectivity index (χ4n) is 4.28. The molecule has 1 N–H and O–H groups in total. The van der Waals surface area contributed by atoms with Crippen LogP contribution in [0.25, 0.3) is 0 Å². The molecule has 2 atom stereocenters. The second kappa shape index (κ2) is 14.6. The lowest BCUT2D eigenvalue weighted by Gasteiger charge is -2.52. The van der Waals surface area contributed by atoms with Crippen LogP contribution in [0.3, 0.4) is 0 Å². The highest BCUT2D eigenvalue weighted by Crippen LogP contribution is 2.48. The van der Waals surface area contributed by atoms with E-state index < -0.39 is 14.5 Å². The number of ether oxygens (including phenoxy) is 2. The summed E-state index contributed by atoms with van der Waals surface area (Å²) in [5.41, 5.74) is 0.829. The summed E-state index contributed by atoms with van der Waals surface area (Å²) < 4.78 is 23.3. The van der Waals surface area contributed by atoms with E-state index in [1.54, 1.807) is 48.2 Å². The van der Waals surface area contributed by atoms with Crippen molar-refractivity contribution in [2.75, 3.05) is 27.9 Å². The van der Waals surface area contributed by atoms with Gasteiger partial charge in [0.05, 0.1) is 6.61 Å². The minimum atomic E-state index is -2.44. The molecular formula is C23H42O7Si. The highest BCUT2D eigenvalue weighted by Gasteiger charge is 2.62. The first-order valence-corrected chi connectivity index (χ1v) is 13.0. The summed E-state index contributed by atoms with van der Waals surface area (Å²) in [6.07, 6.45) is 7.48. The number of carboxylic acids is 1. The molecule has 1 aliphatic rings. The van der Waals surface area contributed by atoms with Gasteiger partial charge in [-0.3, -0.25) is 0 Å². The van der Waals surface area contributed by atoms with E-state index in [0.717, 1.165) is 44.6 Å². The first-order chi connectivity index (χ1) is 14.6. The minimum absolute atomic E-state index is 0.317. The highest BCUT2D eigenvalue weighted by molar-refractivity contribution is 6.70. The topological polar surface area (TPSA) is 91.3 Å². The van der Waals surface area contributed by atoms with Crippen LogP contribution >= 0.6 is 0 Å². The average Bonchev–Trinajstić information content (AvgIpc) is 2.76. The van der Waals surface area contributed by atoms with Gasteiger partial charge < -0.3 is 23.4 Å². The number of aliphatic carboxylic acids is 1. The Kier molecular flexibility index (Phi) is 13.9. The van der Waals surface area contributed by atoms with Crippen molar-refractivity contribution in [2.45, 2.75) is 77.5 Å². The molecule has 0 saturated carbocycles. The van der Waals surface area contributed by atoms with Gasteiger partial charge in [0, 0.05) is 32.5 Å². The molecule has 0 spiro atoms. The van der Waals surface area contributed by atoms with Gasteiger partial charge in [-0.05, 0) is 58.4 Å². The predicted molar refractivity (Wildman–Crippen MR) is 124 cm³/mol. The summed E-state index contributed by atoms with van der Waals surface area (Å²) in [6.45, 7) is 11.1. The normalized spacial score (nSPS) is 22.8. The Morgan fingerprint density at radius 2 is 1.84 bits per heavy atom. The van der Waals surface area contributed by atoms with Crippen molar-refractivity contribution in [1.82, 2.24) is 0 Å². The van der Waals surface area contributed by atoms with Gasteiger partial charge in [-0.25, -0.2) is 9.59 Å². The third kappa shape index (κ3) is 7.86. The number of carbonyl (C=O) groups excluding carboxylic acids is 1. The van der Waals surface area contributed by atoms with Crippen LogP contribution in [-0.2, 0) is 27.9 Å². The number of hydrogen-bond acceptors (Lipinski definition) is 6. The summed E-state index contributed by atoms with van der Waals surface area (Å²) in [7, 11) is 2.87. The number of hydrogen-bond donors (Lipinski definition) is 1. The summed E-state index contributed by atoms with van der Waals surface area (Å²) in [5, 5.41) is 7.78. The molecule has 0 aromatic carbocycles. The Morgan fingerprint density at radius 3 is 2.23 bits per heavy atom. The van der Waals surface area contributed by atoms with Gasteiger partial charge in [-0.1, -0.05) is 32.4 Å². The molecule has 1 aliphatic heterocycles. The number of esters is 1. The van der Waals surface area contributed by atoms with E-state index in [2.05, 4.69) is 13.5 Å². The molecule has 0 radical (unpaired) electrons. The number of methoxy groups -OCH3 is 1. The molecule has 0 aromatic heterocycles. The molecule has 7 nitrogen and oxygen atoms in total. The third-order valence-electron chi connectivity index (χ3n) is 6.06. The molecule has 0 aromatic rings. The summed E-state index contributed by atoms with van der Waals surface area (Å²) in [5.74, 6) is -0.795. The van der Waals surface area contributed by atoms with Crippen molar-refractivity contribution in [1.29, 1.82) is 0 Å². The van der Waals surface area contributed by atoms with Gasteiger partial charge in [0.1, 0.15) is 5.22 Å². The average molecular weight is 459 g/mol. The molecule has 1 fully saturated rings. The summed E-state index contributed by atoms with van der Waals surface area (Å²) in [6, 6.07) is 0.967. The summed E-state index contributed by atoms with van der Waals surface area (Å²) >= 11 is 0. The van der Waals surface area contributed by atoms with Crippen LogP contribution in [-0.4, -0.2) is 58.8 Å². The second-order valence-corrected chi connectivity index (χ2v) is 11.6. The Balaban J connectivity index is 0.00000110. The molecule has 0 amide bonds. The lowest BCUT2D eigenvalue weighted by molar-refractivity contribution is -0.139. The standard InChI is InChI=1S/C18H34O5Si.C5H8O2/c1-7-12-18(20-4)16(10-8-13-23-17(19)15(2)3)11-9-14-24(18,21-5)22-6;1-3-4(2)5(6)7/h16H,2,7-14H2,1,3-6H3;3H,1-2H3,(H,6,7). The van der Waals surface area contributed by atoms with E-state index in [0.29, 0.717) is 23.7 Å². The van der Waals surface area contributed by atoms with Gasteiger partial charge in [-0.2, -0.15) is 0 Å². The summed E-state index contributed by atoms with van der Waals surface area (Å²) in [4.78, 5) is 21.4. The molecule has 1 saturated heterocycles. The van der Waals surface area contributed by atoms with Crippen LogP contribution in [0.1, 0.15) is 66.2 Å². The molecule has 31 heavy (non-hydrogen) atoms. The van der Waals surface area contributed by atoms with E-state index in [4.69, 9.17) is 23.4 Å². The SMILES string of the molecule is C=C(C)C(=O)OCCCC1CCC[Si](OC)(OC)C1(CCC)OC.CC=C(C)C(=O)O. The molecule has 0 aliphatic carbocycles. The van der Waals surface area contributed by atoms with Gasteiger partial charge >= 0.3 is 20.5 Å². The van der Waals surface area contributed by atoms with E-state index in [1.165, 1.54) is 0 Å². The second-order valence-electron chi connectivity index (χ2n) is 7.93. The molecule has 1 rings (SSSR count). The Bertz CT molecular complexity index is 613. The van der Waals surface area contributed by atoms with Gasteiger partial charge in [0.15, 0.2) is 0 Å². The van der Waals surface area contributed by atoms with E-state index in [1.807, 2.05) is 0 Å². The minimum Gasteiger partial charge on any atom is -0.478 e. The fourth-order valence-corrected chi connectivity index (χ4v) is 8.49. The molecule has 2 unspecified atom stereocenters. The smallest absolute Gasteiger partial charge is 0.371 e.